The molecule has 0 heteroatoms. The molecule has 0 heterocycles. The molecule has 0 aliphatic rings. The van der Waals surface area contributed by atoms with E-state index in [9.17, 15) is 0 Å². The lowest BCUT2D eigenvalue weighted by atomic mass is 9.81. The summed E-state index contributed by atoms with van der Waals surface area (Å²) in [7, 11) is 0. The van der Waals surface area contributed by atoms with Gasteiger partial charge in [0.15, 0.2) is 0 Å². The molecule has 0 spiro atoms. The average molecular weight is 196 g/mol. The van der Waals surface area contributed by atoms with Gasteiger partial charge in [-0.15, -0.1) is 0 Å². The Hall–Kier alpha value is -0.260. The predicted molar refractivity (Wildman–Crippen MR) is 66.4 cm³/mol. The zero-order valence-electron chi connectivity index (χ0n) is 10.9. The van der Waals surface area contributed by atoms with Crippen molar-refractivity contribution in [1.29, 1.82) is 0 Å². The molecule has 0 aliphatic heterocycles. The van der Waals surface area contributed by atoms with Crippen molar-refractivity contribution >= 4 is 0 Å². The molecule has 2 atom stereocenters. The summed E-state index contributed by atoms with van der Waals surface area (Å²) in [4.78, 5) is 0. The number of rotatable bonds is 5. The van der Waals surface area contributed by atoms with Gasteiger partial charge in [-0.25, -0.2) is 0 Å². The first-order valence-corrected chi connectivity index (χ1v) is 6.03. The molecule has 0 saturated carbocycles. The maximum Gasteiger partial charge on any atom is -0.0234 e. The summed E-state index contributed by atoms with van der Waals surface area (Å²) >= 11 is 0. The SMILES string of the molecule is C/C=C/C(C)C(CC)CCC(C)(C)C. The van der Waals surface area contributed by atoms with Crippen LogP contribution in [0.5, 0.6) is 0 Å². The Balaban J connectivity index is 4.03. The Morgan fingerprint density at radius 1 is 1.21 bits per heavy atom. The lowest BCUT2D eigenvalue weighted by Crippen LogP contribution is -2.13. The molecule has 2 unspecified atom stereocenters. The zero-order valence-corrected chi connectivity index (χ0v) is 10.9. The fraction of sp³-hybridized carbons (Fsp3) is 0.857. The lowest BCUT2D eigenvalue weighted by molar-refractivity contribution is 0.287. The second kappa shape index (κ2) is 6.27. The van der Waals surface area contributed by atoms with E-state index in [2.05, 4.69) is 53.7 Å². The van der Waals surface area contributed by atoms with Crippen LogP contribution in [0.15, 0.2) is 12.2 Å². The predicted octanol–water partition coefficient (Wildman–Crippen LogP) is 5.05. The van der Waals surface area contributed by atoms with Crippen LogP contribution in [0.1, 0.15) is 60.8 Å². The van der Waals surface area contributed by atoms with Crippen molar-refractivity contribution in [3.63, 3.8) is 0 Å². The molecule has 14 heavy (non-hydrogen) atoms. The van der Waals surface area contributed by atoms with Crippen LogP contribution < -0.4 is 0 Å². The third-order valence-corrected chi connectivity index (χ3v) is 3.03. The summed E-state index contributed by atoms with van der Waals surface area (Å²) < 4.78 is 0. The van der Waals surface area contributed by atoms with Crippen molar-refractivity contribution in [2.24, 2.45) is 17.3 Å². The van der Waals surface area contributed by atoms with E-state index in [1.54, 1.807) is 0 Å². The minimum atomic E-state index is 0.489. The Bertz CT molecular complexity index is 159. The molecule has 0 aliphatic carbocycles. The molecule has 0 nitrogen and oxygen atoms in total. The quantitative estimate of drug-likeness (QED) is 0.540. The van der Waals surface area contributed by atoms with Gasteiger partial charge in [-0.3, -0.25) is 0 Å². The molecule has 0 fully saturated rings. The van der Waals surface area contributed by atoms with Crippen molar-refractivity contribution in [1.82, 2.24) is 0 Å². The Kier molecular flexibility index (Phi) is 6.15. The standard InChI is InChI=1S/C14H28/c1-7-9-12(3)13(8-2)10-11-14(4,5)6/h7,9,12-13H,8,10-11H2,1-6H3/b9-7+. The van der Waals surface area contributed by atoms with Crippen LogP contribution in [0.4, 0.5) is 0 Å². The Labute approximate surface area is 90.8 Å². The molecule has 0 aromatic rings. The maximum atomic E-state index is 2.34. The summed E-state index contributed by atoms with van der Waals surface area (Å²) in [5.41, 5.74) is 0.489. The zero-order chi connectivity index (χ0) is 11.2. The fourth-order valence-electron chi connectivity index (χ4n) is 1.92. The van der Waals surface area contributed by atoms with Gasteiger partial charge < -0.3 is 0 Å². The minimum absolute atomic E-state index is 0.489. The highest BCUT2D eigenvalue weighted by Crippen LogP contribution is 2.29. The summed E-state index contributed by atoms with van der Waals surface area (Å²) in [5, 5.41) is 0. The van der Waals surface area contributed by atoms with Crippen LogP contribution in [0.3, 0.4) is 0 Å². The van der Waals surface area contributed by atoms with Crippen LogP contribution in [0.25, 0.3) is 0 Å². The second-order valence-corrected chi connectivity index (χ2v) is 5.65. The van der Waals surface area contributed by atoms with Crippen molar-refractivity contribution in [3.8, 4) is 0 Å². The van der Waals surface area contributed by atoms with E-state index >= 15 is 0 Å². The Morgan fingerprint density at radius 3 is 2.14 bits per heavy atom. The van der Waals surface area contributed by atoms with E-state index in [0.29, 0.717) is 5.41 Å². The van der Waals surface area contributed by atoms with Crippen LogP contribution in [-0.2, 0) is 0 Å². The van der Waals surface area contributed by atoms with Gasteiger partial charge in [-0.1, -0.05) is 53.2 Å². The largest absolute Gasteiger partial charge is 0.0914 e. The number of hydrogen-bond acceptors (Lipinski definition) is 0. The summed E-state index contributed by atoms with van der Waals surface area (Å²) in [6.45, 7) is 13.8. The first-order chi connectivity index (χ1) is 6.40. The van der Waals surface area contributed by atoms with E-state index in [4.69, 9.17) is 0 Å². The van der Waals surface area contributed by atoms with Crippen molar-refractivity contribution < 1.29 is 0 Å². The molecule has 0 amide bonds. The number of hydrogen-bond donors (Lipinski definition) is 0. The topological polar surface area (TPSA) is 0 Å². The molecule has 0 aromatic heterocycles. The van der Waals surface area contributed by atoms with Gasteiger partial charge in [0, 0.05) is 0 Å². The molecular formula is C14H28. The van der Waals surface area contributed by atoms with Gasteiger partial charge in [0.1, 0.15) is 0 Å². The highest BCUT2D eigenvalue weighted by molar-refractivity contribution is 4.87. The minimum Gasteiger partial charge on any atom is -0.0914 e. The maximum absolute atomic E-state index is 2.34. The van der Waals surface area contributed by atoms with Gasteiger partial charge in [0.05, 0.1) is 0 Å². The summed E-state index contributed by atoms with van der Waals surface area (Å²) in [5.74, 6) is 1.61. The molecule has 0 N–H and O–H groups in total. The second-order valence-electron chi connectivity index (χ2n) is 5.65. The molecule has 0 aromatic carbocycles. The van der Waals surface area contributed by atoms with Crippen molar-refractivity contribution in [2.45, 2.75) is 60.8 Å². The van der Waals surface area contributed by atoms with E-state index in [-0.39, 0.29) is 0 Å². The lowest BCUT2D eigenvalue weighted by Gasteiger charge is -2.25. The third-order valence-electron chi connectivity index (χ3n) is 3.03. The smallest absolute Gasteiger partial charge is 0.0234 e. The van der Waals surface area contributed by atoms with Crippen molar-refractivity contribution in [3.05, 3.63) is 12.2 Å². The van der Waals surface area contributed by atoms with E-state index in [1.807, 2.05) is 0 Å². The molecule has 0 rings (SSSR count). The number of allylic oxidation sites excluding steroid dienone is 2. The molecular weight excluding hydrogens is 168 g/mol. The average Bonchev–Trinajstić information content (AvgIpc) is 2.03. The Morgan fingerprint density at radius 2 is 1.79 bits per heavy atom. The summed E-state index contributed by atoms with van der Waals surface area (Å²) in [6, 6.07) is 0. The highest BCUT2D eigenvalue weighted by atomic mass is 14.2. The first kappa shape index (κ1) is 13.7. The van der Waals surface area contributed by atoms with Gasteiger partial charge >= 0.3 is 0 Å². The monoisotopic (exact) mass is 196 g/mol. The van der Waals surface area contributed by atoms with Crippen LogP contribution in [-0.4, -0.2) is 0 Å². The highest BCUT2D eigenvalue weighted by Gasteiger charge is 2.17. The molecule has 0 bridgehead atoms. The first-order valence-electron chi connectivity index (χ1n) is 6.03. The van der Waals surface area contributed by atoms with Gasteiger partial charge in [0.2, 0.25) is 0 Å². The fourth-order valence-corrected chi connectivity index (χ4v) is 1.92. The van der Waals surface area contributed by atoms with Crippen LogP contribution in [0.2, 0.25) is 0 Å². The van der Waals surface area contributed by atoms with Crippen molar-refractivity contribution in [2.75, 3.05) is 0 Å². The molecule has 0 radical (unpaired) electrons. The van der Waals surface area contributed by atoms with Gasteiger partial charge in [-0.05, 0) is 37.0 Å². The van der Waals surface area contributed by atoms with E-state index in [0.717, 1.165) is 11.8 Å². The third kappa shape index (κ3) is 6.23. The molecule has 84 valence electrons. The van der Waals surface area contributed by atoms with Crippen LogP contribution in [0, 0.1) is 17.3 Å². The van der Waals surface area contributed by atoms with E-state index < -0.39 is 0 Å². The van der Waals surface area contributed by atoms with Gasteiger partial charge in [0.25, 0.3) is 0 Å². The molecule has 0 saturated heterocycles. The van der Waals surface area contributed by atoms with E-state index in [1.165, 1.54) is 19.3 Å². The summed E-state index contributed by atoms with van der Waals surface area (Å²) in [6.07, 6.45) is 8.54. The van der Waals surface area contributed by atoms with Crippen LogP contribution >= 0.6 is 0 Å². The normalized spacial score (nSPS) is 17.3. The van der Waals surface area contributed by atoms with Gasteiger partial charge in [-0.2, -0.15) is 0 Å².